The number of rotatable bonds is 5. The van der Waals surface area contributed by atoms with Crippen LogP contribution in [-0.4, -0.2) is 29.6 Å². The first-order valence-corrected chi connectivity index (χ1v) is 7.37. The smallest absolute Gasteiger partial charge is 0.260 e. The number of benzene rings is 1. The van der Waals surface area contributed by atoms with Gasteiger partial charge in [0.25, 0.3) is 5.91 Å². The molecule has 0 N–H and O–H groups in total. The monoisotopic (exact) mass is 342 g/mol. The van der Waals surface area contributed by atoms with Crippen molar-refractivity contribution in [2.45, 2.75) is 20.4 Å². The van der Waals surface area contributed by atoms with Crippen molar-refractivity contribution >= 4 is 29.1 Å². The minimum atomic E-state index is -0.175. The standard InChI is InChI=1S/C15H16Cl2N2O3/c1-9-12(10(2)22-18-9)7-19(3)15(20)8-21-14-5-4-11(16)6-13(14)17/h4-6H,7-8H2,1-3H3. The van der Waals surface area contributed by atoms with Crippen LogP contribution < -0.4 is 4.74 Å². The zero-order valence-electron chi connectivity index (χ0n) is 12.5. The number of carbonyl (C=O) groups excluding carboxylic acids is 1. The molecular formula is C15H16Cl2N2O3. The van der Waals surface area contributed by atoms with E-state index in [1.165, 1.54) is 0 Å². The quantitative estimate of drug-likeness (QED) is 0.832. The summed E-state index contributed by atoms with van der Waals surface area (Å²) >= 11 is 11.8. The molecule has 22 heavy (non-hydrogen) atoms. The Morgan fingerprint density at radius 3 is 2.68 bits per heavy atom. The molecular weight excluding hydrogens is 327 g/mol. The van der Waals surface area contributed by atoms with Crippen LogP contribution in [0.25, 0.3) is 0 Å². The molecule has 0 saturated carbocycles. The van der Waals surface area contributed by atoms with Crippen LogP contribution in [0.4, 0.5) is 0 Å². The van der Waals surface area contributed by atoms with E-state index < -0.39 is 0 Å². The fourth-order valence-corrected chi connectivity index (χ4v) is 2.36. The third-order valence-electron chi connectivity index (χ3n) is 3.25. The van der Waals surface area contributed by atoms with E-state index in [1.54, 1.807) is 30.1 Å². The molecule has 0 atom stereocenters. The number of carbonyl (C=O) groups is 1. The summed E-state index contributed by atoms with van der Waals surface area (Å²) in [5.74, 6) is 0.954. The van der Waals surface area contributed by atoms with Crippen molar-refractivity contribution in [1.82, 2.24) is 10.1 Å². The van der Waals surface area contributed by atoms with Gasteiger partial charge in [0, 0.05) is 17.6 Å². The van der Waals surface area contributed by atoms with Crippen LogP contribution in [0.3, 0.4) is 0 Å². The molecule has 5 nitrogen and oxygen atoms in total. The van der Waals surface area contributed by atoms with Gasteiger partial charge < -0.3 is 14.2 Å². The lowest BCUT2D eigenvalue weighted by Gasteiger charge is -2.17. The summed E-state index contributed by atoms with van der Waals surface area (Å²) in [5, 5.41) is 4.75. The van der Waals surface area contributed by atoms with E-state index in [0.717, 1.165) is 11.3 Å². The van der Waals surface area contributed by atoms with Crippen LogP contribution in [0.2, 0.25) is 10.0 Å². The van der Waals surface area contributed by atoms with Crippen LogP contribution in [0.15, 0.2) is 22.7 Å². The number of hydrogen-bond donors (Lipinski definition) is 0. The van der Waals surface area contributed by atoms with Crippen LogP contribution in [0.5, 0.6) is 5.75 Å². The molecule has 1 heterocycles. The Kier molecular flexibility index (Phi) is 5.32. The number of amides is 1. The molecule has 0 bridgehead atoms. The van der Waals surface area contributed by atoms with Crippen LogP contribution in [-0.2, 0) is 11.3 Å². The Hall–Kier alpha value is -1.72. The summed E-state index contributed by atoms with van der Waals surface area (Å²) in [6.07, 6.45) is 0. The predicted molar refractivity (Wildman–Crippen MR) is 84.4 cm³/mol. The molecule has 0 radical (unpaired) electrons. The average Bonchev–Trinajstić information content (AvgIpc) is 2.77. The zero-order valence-corrected chi connectivity index (χ0v) is 14.0. The first kappa shape index (κ1) is 16.6. The van der Waals surface area contributed by atoms with Gasteiger partial charge in [-0.05, 0) is 32.0 Å². The second-order valence-corrected chi connectivity index (χ2v) is 5.76. The van der Waals surface area contributed by atoms with Gasteiger partial charge in [-0.2, -0.15) is 0 Å². The zero-order chi connectivity index (χ0) is 16.3. The fraction of sp³-hybridized carbons (Fsp3) is 0.333. The molecule has 2 aromatic rings. The minimum Gasteiger partial charge on any atom is -0.482 e. The summed E-state index contributed by atoms with van der Waals surface area (Å²) in [4.78, 5) is 13.7. The minimum absolute atomic E-state index is 0.110. The fourth-order valence-electron chi connectivity index (χ4n) is 1.89. The van der Waals surface area contributed by atoms with Crippen molar-refractivity contribution in [3.05, 3.63) is 45.3 Å². The van der Waals surface area contributed by atoms with Crippen molar-refractivity contribution in [1.29, 1.82) is 0 Å². The highest BCUT2D eigenvalue weighted by atomic mass is 35.5. The maximum Gasteiger partial charge on any atom is 0.260 e. The molecule has 0 aliphatic rings. The number of ether oxygens (including phenoxy) is 1. The molecule has 0 aliphatic carbocycles. The van der Waals surface area contributed by atoms with Gasteiger partial charge in [-0.3, -0.25) is 4.79 Å². The molecule has 118 valence electrons. The second kappa shape index (κ2) is 7.03. The van der Waals surface area contributed by atoms with Gasteiger partial charge in [0.05, 0.1) is 17.3 Å². The van der Waals surface area contributed by atoms with Crippen molar-refractivity contribution in [2.24, 2.45) is 0 Å². The number of aryl methyl sites for hydroxylation is 2. The van der Waals surface area contributed by atoms with E-state index in [9.17, 15) is 4.79 Å². The van der Waals surface area contributed by atoms with Crippen LogP contribution in [0.1, 0.15) is 17.0 Å². The topological polar surface area (TPSA) is 55.6 Å². The van der Waals surface area contributed by atoms with Crippen LogP contribution >= 0.6 is 23.2 Å². The number of aromatic nitrogens is 1. The summed E-state index contributed by atoms with van der Waals surface area (Å²) in [6.45, 7) is 3.96. The summed E-state index contributed by atoms with van der Waals surface area (Å²) < 4.78 is 10.5. The third kappa shape index (κ3) is 3.93. The van der Waals surface area contributed by atoms with Gasteiger partial charge in [-0.25, -0.2) is 0 Å². The highest BCUT2D eigenvalue weighted by molar-refractivity contribution is 6.35. The molecule has 0 fully saturated rings. The summed E-state index contributed by atoms with van der Waals surface area (Å²) in [5.41, 5.74) is 1.68. The Labute approximate surface area is 138 Å². The van der Waals surface area contributed by atoms with Gasteiger partial charge in [-0.15, -0.1) is 0 Å². The number of nitrogens with zero attached hydrogens (tertiary/aromatic N) is 2. The lowest BCUT2D eigenvalue weighted by molar-refractivity contribution is -0.132. The van der Waals surface area contributed by atoms with Crippen molar-refractivity contribution < 1.29 is 14.1 Å². The molecule has 0 spiro atoms. The van der Waals surface area contributed by atoms with E-state index in [-0.39, 0.29) is 12.5 Å². The number of likely N-dealkylation sites (N-methyl/N-ethyl adjacent to an activating group) is 1. The normalized spacial score (nSPS) is 10.6. The Bertz CT molecular complexity index is 666. The highest BCUT2D eigenvalue weighted by Crippen LogP contribution is 2.27. The molecule has 1 aromatic heterocycles. The molecule has 1 amide bonds. The van der Waals surface area contributed by atoms with Crippen molar-refractivity contribution in [2.75, 3.05) is 13.7 Å². The summed E-state index contributed by atoms with van der Waals surface area (Å²) in [7, 11) is 1.70. The Morgan fingerprint density at radius 2 is 2.09 bits per heavy atom. The summed E-state index contributed by atoms with van der Waals surface area (Å²) in [6, 6.07) is 4.85. The molecule has 7 heteroatoms. The van der Waals surface area contributed by atoms with Gasteiger partial charge in [0.1, 0.15) is 11.5 Å². The van der Waals surface area contributed by atoms with Crippen molar-refractivity contribution in [3.63, 3.8) is 0 Å². The average molecular weight is 343 g/mol. The Morgan fingerprint density at radius 1 is 1.36 bits per heavy atom. The SMILES string of the molecule is Cc1noc(C)c1CN(C)C(=O)COc1ccc(Cl)cc1Cl. The number of halogens is 2. The lowest BCUT2D eigenvalue weighted by Crippen LogP contribution is -2.31. The van der Waals surface area contributed by atoms with Gasteiger partial charge in [0.2, 0.25) is 0 Å². The van der Waals surface area contributed by atoms with E-state index in [2.05, 4.69) is 5.16 Å². The van der Waals surface area contributed by atoms with E-state index >= 15 is 0 Å². The van der Waals surface area contributed by atoms with Gasteiger partial charge in [0.15, 0.2) is 6.61 Å². The number of hydrogen-bond acceptors (Lipinski definition) is 4. The maximum absolute atomic E-state index is 12.1. The predicted octanol–water partition coefficient (Wildman–Crippen LogP) is 3.64. The Balaban J connectivity index is 1.94. The second-order valence-electron chi connectivity index (χ2n) is 4.92. The van der Waals surface area contributed by atoms with Crippen molar-refractivity contribution in [3.8, 4) is 5.75 Å². The first-order valence-electron chi connectivity index (χ1n) is 6.62. The first-order chi connectivity index (χ1) is 10.4. The van der Waals surface area contributed by atoms with Gasteiger partial charge in [-0.1, -0.05) is 28.4 Å². The largest absolute Gasteiger partial charge is 0.482 e. The molecule has 2 rings (SSSR count). The van der Waals surface area contributed by atoms with Gasteiger partial charge >= 0.3 is 0 Å². The maximum atomic E-state index is 12.1. The van der Waals surface area contributed by atoms with E-state index in [1.807, 2.05) is 13.8 Å². The lowest BCUT2D eigenvalue weighted by atomic mass is 10.2. The highest BCUT2D eigenvalue weighted by Gasteiger charge is 2.16. The van der Waals surface area contributed by atoms with Crippen LogP contribution in [0, 0.1) is 13.8 Å². The molecule has 0 unspecified atom stereocenters. The van der Waals surface area contributed by atoms with E-state index in [0.29, 0.717) is 28.1 Å². The molecule has 0 saturated heterocycles. The molecule has 0 aliphatic heterocycles. The molecule has 1 aromatic carbocycles. The third-order valence-corrected chi connectivity index (χ3v) is 3.78. The van der Waals surface area contributed by atoms with E-state index in [4.69, 9.17) is 32.5 Å².